The number of nitrogens with one attached hydrogen (secondary N) is 1. The summed E-state index contributed by atoms with van der Waals surface area (Å²) in [6, 6.07) is 1.99. The van der Waals surface area contributed by atoms with Crippen molar-refractivity contribution < 1.29 is 14.1 Å². The van der Waals surface area contributed by atoms with Gasteiger partial charge in [0.1, 0.15) is 0 Å². The van der Waals surface area contributed by atoms with Gasteiger partial charge in [-0.25, -0.2) is 0 Å². The minimum absolute atomic E-state index is 0.197. The Morgan fingerprint density at radius 3 is 2.71 bits per heavy atom. The molecule has 1 saturated heterocycles. The largest absolute Gasteiger partial charge is 0.379 e. The summed E-state index contributed by atoms with van der Waals surface area (Å²) < 4.78 is 10.4. The van der Waals surface area contributed by atoms with Gasteiger partial charge in [-0.3, -0.25) is 9.69 Å². The van der Waals surface area contributed by atoms with E-state index in [1.54, 1.807) is 13.0 Å². The van der Waals surface area contributed by atoms with E-state index in [9.17, 15) is 4.79 Å². The van der Waals surface area contributed by atoms with Crippen LogP contribution in [0.5, 0.6) is 0 Å². The molecule has 0 aromatic carbocycles. The van der Waals surface area contributed by atoms with Crippen molar-refractivity contribution in [2.75, 3.05) is 32.8 Å². The van der Waals surface area contributed by atoms with Crippen LogP contribution in [0.15, 0.2) is 10.6 Å². The van der Waals surface area contributed by atoms with E-state index in [0.29, 0.717) is 24.2 Å². The fourth-order valence-corrected chi connectivity index (χ4v) is 2.62. The van der Waals surface area contributed by atoms with E-state index in [2.05, 4.69) is 29.2 Å². The average Bonchev–Trinajstić information content (AvgIpc) is 2.90. The first-order valence-corrected chi connectivity index (χ1v) is 7.59. The number of hydrogen-bond donors (Lipinski definition) is 1. The third kappa shape index (κ3) is 4.82. The SMILES string of the molecule is Cc1cc(C(=O)NCC(CC(C)C)N2CCOCC2)on1. The highest BCUT2D eigenvalue weighted by molar-refractivity contribution is 5.91. The molecule has 1 fully saturated rings. The van der Waals surface area contributed by atoms with Gasteiger partial charge >= 0.3 is 0 Å². The molecule has 0 radical (unpaired) electrons. The van der Waals surface area contributed by atoms with Crippen molar-refractivity contribution in [1.29, 1.82) is 0 Å². The van der Waals surface area contributed by atoms with E-state index in [0.717, 1.165) is 32.7 Å². The second-order valence-electron chi connectivity index (χ2n) is 5.97. The van der Waals surface area contributed by atoms with Gasteiger partial charge in [0, 0.05) is 31.7 Å². The molecular formula is C15H25N3O3. The number of carbonyl (C=O) groups excluding carboxylic acids is 1. The summed E-state index contributed by atoms with van der Waals surface area (Å²) in [4.78, 5) is 14.4. The van der Waals surface area contributed by atoms with E-state index in [-0.39, 0.29) is 11.7 Å². The predicted molar refractivity (Wildman–Crippen MR) is 79.2 cm³/mol. The first kappa shape index (κ1) is 16.0. The van der Waals surface area contributed by atoms with Gasteiger partial charge in [-0.2, -0.15) is 0 Å². The van der Waals surface area contributed by atoms with Gasteiger partial charge in [0.25, 0.3) is 5.91 Å². The minimum Gasteiger partial charge on any atom is -0.379 e. The molecule has 2 rings (SSSR count). The van der Waals surface area contributed by atoms with E-state index in [1.807, 2.05) is 0 Å². The van der Waals surface area contributed by atoms with Crippen molar-refractivity contribution in [3.63, 3.8) is 0 Å². The van der Waals surface area contributed by atoms with Crippen molar-refractivity contribution in [2.24, 2.45) is 5.92 Å². The molecule has 2 heterocycles. The lowest BCUT2D eigenvalue weighted by Gasteiger charge is -2.35. The van der Waals surface area contributed by atoms with E-state index in [1.165, 1.54) is 0 Å². The molecule has 1 aliphatic heterocycles. The molecule has 6 heteroatoms. The zero-order valence-corrected chi connectivity index (χ0v) is 13.1. The highest BCUT2D eigenvalue weighted by Crippen LogP contribution is 2.13. The monoisotopic (exact) mass is 295 g/mol. The summed E-state index contributed by atoms with van der Waals surface area (Å²) >= 11 is 0. The maximum absolute atomic E-state index is 12.0. The summed E-state index contributed by atoms with van der Waals surface area (Å²) in [5.74, 6) is 0.665. The van der Waals surface area contributed by atoms with Crippen LogP contribution in [-0.4, -0.2) is 54.9 Å². The molecule has 1 N–H and O–H groups in total. The van der Waals surface area contributed by atoms with Gasteiger partial charge in [-0.1, -0.05) is 19.0 Å². The topological polar surface area (TPSA) is 67.6 Å². The number of carbonyl (C=O) groups is 1. The Kier molecular flexibility index (Phi) is 5.76. The van der Waals surface area contributed by atoms with Gasteiger partial charge in [-0.05, 0) is 19.3 Å². The lowest BCUT2D eigenvalue weighted by Crippen LogP contribution is -2.49. The highest BCUT2D eigenvalue weighted by atomic mass is 16.5. The van der Waals surface area contributed by atoms with Crippen molar-refractivity contribution in [2.45, 2.75) is 33.2 Å². The molecule has 1 amide bonds. The summed E-state index contributed by atoms with van der Waals surface area (Å²) in [6.45, 7) is 10.2. The maximum atomic E-state index is 12.0. The van der Waals surface area contributed by atoms with Crippen LogP contribution in [-0.2, 0) is 4.74 Å². The molecule has 6 nitrogen and oxygen atoms in total. The molecule has 1 unspecified atom stereocenters. The zero-order chi connectivity index (χ0) is 15.2. The summed E-state index contributed by atoms with van der Waals surface area (Å²) in [7, 11) is 0. The number of hydrogen-bond acceptors (Lipinski definition) is 5. The molecule has 1 atom stereocenters. The van der Waals surface area contributed by atoms with Gasteiger partial charge in [0.2, 0.25) is 5.76 Å². The highest BCUT2D eigenvalue weighted by Gasteiger charge is 2.23. The summed E-state index contributed by atoms with van der Waals surface area (Å²) in [6.07, 6.45) is 1.05. The van der Waals surface area contributed by atoms with Crippen molar-refractivity contribution >= 4 is 5.91 Å². The molecule has 118 valence electrons. The third-order valence-electron chi connectivity index (χ3n) is 3.66. The number of nitrogens with zero attached hydrogens (tertiary/aromatic N) is 2. The maximum Gasteiger partial charge on any atom is 0.289 e. The quantitative estimate of drug-likeness (QED) is 0.860. The van der Waals surface area contributed by atoms with Crippen LogP contribution < -0.4 is 5.32 Å². The molecule has 0 spiro atoms. The fraction of sp³-hybridized carbons (Fsp3) is 0.733. The molecule has 21 heavy (non-hydrogen) atoms. The molecular weight excluding hydrogens is 270 g/mol. The Balaban J connectivity index is 1.90. The van der Waals surface area contributed by atoms with Crippen LogP contribution >= 0.6 is 0 Å². The van der Waals surface area contributed by atoms with Gasteiger partial charge in [-0.15, -0.1) is 0 Å². The lowest BCUT2D eigenvalue weighted by molar-refractivity contribution is 0.0124. The van der Waals surface area contributed by atoms with Crippen molar-refractivity contribution in [3.05, 3.63) is 17.5 Å². The van der Waals surface area contributed by atoms with Gasteiger partial charge in [0.05, 0.1) is 18.9 Å². The third-order valence-corrected chi connectivity index (χ3v) is 3.66. The predicted octanol–water partition coefficient (Wildman–Crippen LogP) is 1.46. The number of ether oxygens (including phenoxy) is 1. The number of morpholine rings is 1. The molecule has 0 bridgehead atoms. The first-order chi connectivity index (χ1) is 10.1. The van der Waals surface area contributed by atoms with Crippen molar-refractivity contribution in [1.82, 2.24) is 15.4 Å². The smallest absolute Gasteiger partial charge is 0.289 e. The summed E-state index contributed by atoms with van der Waals surface area (Å²) in [5, 5.41) is 6.70. The number of rotatable bonds is 6. The summed E-state index contributed by atoms with van der Waals surface area (Å²) in [5.41, 5.74) is 0.715. The first-order valence-electron chi connectivity index (χ1n) is 7.59. The van der Waals surface area contributed by atoms with Gasteiger partial charge < -0.3 is 14.6 Å². The normalized spacial score (nSPS) is 17.9. The van der Waals surface area contributed by atoms with Crippen LogP contribution in [0.3, 0.4) is 0 Å². The Labute approximate surface area is 125 Å². The van der Waals surface area contributed by atoms with Crippen LogP contribution in [0.25, 0.3) is 0 Å². The Bertz CT molecular complexity index is 453. The Hall–Kier alpha value is -1.40. The molecule has 1 aromatic heterocycles. The van der Waals surface area contributed by atoms with Gasteiger partial charge in [0.15, 0.2) is 0 Å². The molecule has 1 aliphatic rings. The number of aromatic nitrogens is 1. The van der Waals surface area contributed by atoms with Crippen LogP contribution in [0, 0.1) is 12.8 Å². The van der Waals surface area contributed by atoms with E-state index in [4.69, 9.17) is 9.26 Å². The van der Waals surface area contributed by atoms with E-state index < -0.39 is 0 Å². The number of amides is 1. The zero-order valence-electron chi connectivity index (χ0n) is 13.1. The minimum atomic E-state index is -0.197. The Morgan fingerprint density at radius 2 is 2.14 bits per heavy atom. The van der Waals surface area contributed by atoms with Crippen molar-refractivity contribution in [3.8, 4) is 0 Å². The fourth-order valence-electron chi connectivity index (χ4n) is 2.62. The number of aryl methyl sites for hydroxylation is 1. The van der Waals surface area contributed by atoms with Crippen LogP contribution in [0.1, 0.15) is 36.5 Å². The Morgan fingerprint density at radius 1 is 1.43 bits per heavy atom. The van der Waals surface area contributed by atoms with Crippen LogP contribution in [0.4, 0.5) is 0 Å². The molecule has 0 aliphatic carbocycles. The second-order valence-corrected chi connectivity index (χ2v) is 5.97. The lowest BCUT2D eigenvalue weighted by atomic mass is 10.0. The standard InChI is InChI=1S/C15H25N3O3/c1-11(2)8-13(18-4-6-20-7-5-18)10-16-15(19)14-9-12(3)17-21-14/h9,11,13H,4-8,10H2,1-3H3,(H,16,19). The van der Waals surface area contributed by atoms with Crippen LogP contribution in [0.2, 0.25) is 0 Å². The second kappa shape index (κ2) is 7.56. The molecule has 0 saturated carbocycles. The average molecular weight is 295 g/mol. The molecule has 1 aromatic rings. The van der Waals surface area contributed by atoms with E-state index >= 15 is 0 Å².